The molecule has 1 aliphatic rings. The fourth-order valence-electron chi connectivity index (χ4n) is 2.25. The Labute approximate surface area is 108 Å². The molecule has 2 nitrogen and oxygen atoms in total. The van der Waals surface area contributed by atoms with E-state index in [1.807, 2.05) is 0 Å². The van der Waals surface area contributed by atoms with Gasteiger partial charge in [-0.2, -0.15) is 0 Å². The van der Waals surface area contributed by atoms with E-state index in [1.54, 1.807) is 0 Å². The Morgan fingerprint density at radius 3 is 2.35 bits per heavy atom. The van der Waals surface area contributed by atoms with Gasteiger partial charge in [-0.3, -0.25) is 0 Å². The standard InChI is InChI=1S/C14H19ClO2/c1-2-3-12-4-6-13(7-5-12)14(8-9-15)16-10-11-17-14/h4-7H,2-3,8-11H2,1H3. The molecule has 1 fully saturated rings. The van der Waals surface area contributed by atoms with E-state index in [4.69, 9.17) is 21.1 Å². The van der Waals surface area contributed by atoms with Gasteiger partial charge in [0.05, 0.1) is 13.2 Å². The Morgan fingerprint density at radius 2 is 1.82 bits per heavy atom. The van der Waals surface area contributed by atoms with Crippen molar-refractivity contribution in [2.45, 2.75) is 32.0 Å². The lowest BCUT2D eigenvalue weighted by molar-refractivity contribution is -0.166. The molecule has 3 heteroatoms. The number of alkyl halides is 1. The molecule has 0 aliphatic carbocycles. The summed E-state index contributed by atoms with van der Waals surface area (Å²) in [6.45, 7) is 3.48. The Hall–Kier alpha value is -0.570. The van der Waals surface area contributed by atoms with Crippen LogP contribution in [0.1, 0.15) is 30.9 Å². The number of hydrogen-bond donors (Lipinski definition) is 0. The van der Waals surface area contributed by atoms with Crippen LogP contribution in [0, 0.1) is 0 Å². The van der Waals surface area contributed by atoms with E-state index < -0.39 is 5.79 Å². The number of aryl methyl sites for hydroxylation is 1. The Kier molecular flexibility index (Phi) is 4.43. The quantitative estimate of drug-likeness (QED) is 0.749. The summed E-state index contributed by atoms with van der Waals surface area (Å²) < 4.78 is 11.5. The van der Waals surface area contributed by atoms with E-state index in [-0.39, 0.29) is 0 Å². The monoisotopic (exact) mass is 254 g/mol. The van der Waals surface area contributed by atoms with Crippen LogP contribution in [-0.2, 0) is 21.7 Å². The van der Waals surface area contributed by atoms with E-state index in [2.05, 4.69) is 31.2 Å². The topological polar surface area (TPSA) is 18.5 Å². The maximum Gasteiger partial charge on any atom is 0.196 e. The summed E-state index contributed by atoms with van der Waals surface area (Å²) in [6, 6.07) is 8.51. The van der Waals surface area contributed by atoms with Crippen LogP contribution in [0.4, 0.5) is 0 Å². The predicted molar refractivity (Wildman–Crippen MR) is 69.4 cm³/mol. The molecule has 1 aliphatic heterocycles. The minimum absolute atomic E-state index is 0.538. The van der Waals surface area contributed by atoms with Crippen LogP contribution < -0.4 is 0 Å². The molecule has 0 N–H and O–H groups in total. The molecule has 1 aromatic rings. The first-order valence-corrected chi connectivity index (χ1v) is 6.77. The summed E-state index contributed by atoms with van der Waals surface area (Å²) in [5.41, 5.74) is 2.44. The second-order valence-corrected chi connectivity index (χ2v) is 4.71. The van der Waals surface area contributed by atoms with Crippen LogP contribution >= 0.6 is 11.6 Å². The molecule has 0 atom stereocenters. The van der Waals surface area contributed by atoms with Gasteiger partial charge >= 0.3 is 0 Å². The molecule has 0 radical (unpaired) electrons. The van der Waals surface area contributed by atoms with Crippen LogP contribution in [0.3, 0.4) is 0 Å². The van der Waals surface area contributed by atoms with Crippen LogP contribution in [0.5, 0.6) is 0 Å². The maximum absolute atomic E-state index is 5.84. The van der Waals surface area contributed by atoms with Crippen molar-refractivity contribution in [2.75, 3.05) is 19.1 Å². The highest BCUT2D eigenvalue weighted by atomic mass is 35.5. The minimum atomic E-state index is -0.605. The number of benzene rings is 1. The first-order chi connectivity index (χ1) is 8.30. The molecular formula is C14H19ClO2. The summed E-state index contributed by atoms with van der Waals surface area (Å²) >= 11 is 5.84. The van der Waals surface area contributed by atoms with Crippen molar-refractivity contribution in [1.82, 2.24) is 0 Å². The zero-order valence-corrected chi connectivity index (χ0v) is 11.0. The highest BCUT2D eigenvalue weighted by molar-refractivity contribution is 6.17. The summed E-state index contributed by atoms with van der Waals surface area (Å²) in [5, 5.41) is 0. The van der Waals surface area contributed by atoms with Crippen molar-refractivity contribution < 1.29 is 9.47 Å². The van der Waals surface area contributed by atoms with E-state index >= 15 is 0 Å². The zero-order chi connectivity index (χ0) is 12.1. The molecule has 94 valence electrons. The van der Waals surface area contributed by atoms with Gasteiger partial charge in [-0.1, -0.05) is 37.6 Å². The Morgan fingerprint density at radius 1 is 1.18 bits per heavy atom. The molecule has 0 bridgehead atoms. The Balaban J connectivity index is 2.18. The van der Waals surface area contributed by atoms with E-state index in [0.717, 1.165) is 12.0 Å². The fourth-order valence-corrected chi connectivity index (χ4v) is 2.50. The molecule has 1 aromatic carbocycles. The first kappa shape index (κ1) is 12.9. The molecule has 0 spiro atoms. The molecule has 0 unspecified atom stereocenters. The molecule has 1 heterocycles. The lowest BCUT2D eigenvalue weighted by Crippen LogP contribution is -2.27. The highest BCUT2D eigenvalue weighted by Gasteiger charge is 2.37. The number of hydrogen-bond acceptors (Lipinski definition) is 2. The van der Waals surface area contributed by atoms with Crippen molar-refractivity contribution in [3.63, 3.8) is 0 Å². The van der Waals surface area contributed by atoms with Crippen molar-refractivity contribution >= 4 is 11.6 Å². The molecular weight excluding hydrogens is 236 g/mol. The highest BCUT2D eigenvalue weighted by Crippen LogP contribution is 2.35. The van der Waals surface area contributed by atoms with Crippen LogP contribution in [0.2, 0.25) is 0 Å². The van der Waals surface area contributed by atoms with Crippen LogP contribution in [0.25, 0.3) is 0 Å². The van der Waals surface area contributed by atoms with E-state index in [1.165, 1.54) is 12.0 Å². The molecule has 17 heavy (non-hydrogen) atoms. The molecule has 0 aromatic heterocycles. The Bertz CT molecular complexity index is 342. The maximum atomic E-state index is 5.84. The normalized spacial score (nSPS) is 18.5. The van der Waals surface area contributed by atoms with Gasteiger partial charge < -0.3 is 9.47 Å². The average Bonchev–Trinajstić information content (AvgIpc) is 2.81. The van der Waals surface area contributed by atoms with Crippen LogP contribution in [-0.4, -0.2) is 19.1 Å². The predicted octanol–water partition coefficient (Wildman–Crippen LogP) is 3.47. The van der Waals surface area contributed by atoms with Gasteiger partial charge in [0.1, 0.15) is 0 Å². The third-order valence-electron chi connectivity index (χ3n) is 3.11. The van der Waals surface area contributed by atoms with Gasteiger partial charge in [-0.25, -0.2) is 0 Å². The third kappa shape index (κ3) is 2.82. The smallest absolute Gasteiger partial charge is 0.196 e. The molecule has 1 saturated heterocycles. The van der Waals surface area contributed by atoms with Gasteiger partial charge in [0.2, 0.25) is 0 Å². The first-order valence-electron chi connectivity index (χ1n) is 6.24. The van der Waals surface area contributed by atoms with Crippen molar-refractivity contribution in [3.8, 4) is 0 Å². The lowest BCUT2D eigenvalue weighted by Gasteiger charge is -2.27. The van der Waals surface area contributed by atoms with Gasteiger partial charge in [0, 0.05) is 17.9 Å². The largest absolute Gasteiger partial charge is 0.343 e. The second-order valence-electron chi connectivity index (χ2n) is 4.34. The van der Waals surface area contributed by atoms with Crippen LogP contribution in [0.15, 0.2) is 24.3 Å². The fraction of sp³-hybridized carbons (Fsp3) is 0.571. The number of rotatable bonds is 5. The van der Waals surface area contributed by atoms with Gasteiger partial charge in [-0.15, -0.1) is 11.6 Å². The average molecular weight is 255 g/mol. The summed E-state index contributed by atoms with van der Waals surface area (Å²) in [6.07, 6.45) is 2.98. The summed E-state index contributed by atoms with van der Waals surface area (Å²) in [4.78, 5) is 0. The molecule has 2 rings (SSSR count). The third-order valence-corrected chi connectivity index (χ3v) is 3.30. The van der Waals surface area contributed by atoms with E-state index in [9.17, 15) is 0 Å². The van der Waals surface area contributed by atoms with Gasteiger partial charge in [-0.05, 0) is 12.0 Å². The van der Waals surface area contributed by atoms with Crippen molar-refractivity contribution in [3.05, 3.63) is 35.4 Å². The van der Waals surface area contributed by atoms with E-state index in [0.29, 0.717) is 25.5 Å². The van der Waals surface area contributed by atoms with Gasteiger partial charge in [0.25, 0.3) is 0 Å². The number of halogens is 1. The SMILES string of the molecule is CCCc1ccc(C2(CCCl)OCCO2)cc1. The summed E-state index contributed by atoms with van der Waals surface area (Å²) in [5.74, 6) is -0.0663. The van der Waals surface area contributed by atoms with Gasteiger partial charge in [0.15, 0.2) is 5.79 Å². The molecule has 0 amide bonds. The van der Waals surface area contributed by atoms with Crippen molar-refractivity contribution in [2.24, 2.45) is 0 Å². The van der Waals surface area contributed by atoms with Crippen molar-refractivity contribution in [1.29, 1.82) is 0 Å². The number of ether oxygens (including phenoxy) is 2. The second kappa shape index (κ2) is 5.85. The lowest BCUT2D eigenvalue weighted by atomic mass is 10.00. The summed E-state index contributed by atoms with van der Waals surface area (Å²) in [7, 11) is 0. The minimum Gasteiger partial charge on any atom is -0.343 e. The molecule has 0 saturated carbocycles. The zero-order valence-electron chi connectivity index (χ0n) is 10.2.